The van der Waals surface area contributed by atoms with Crippen LogP contribution in [0.2, 0.25) is 0 Å². The van der Waals surface area contributed by atoms with Crippen LogP contribution in [0.25, 0.3) is 11.1 Å². The summed E-state index contributed by atoms with van der Waals surface area (Å²) in [5.74, 6) is -0.0994. The first kappa shape index (κ1) is 19.8. The van der Waals surface area contributed by atoms with Gasteiger partial charge in [0.25, 0.3) is 0 Å². The number of hydrogen-bond acceptors (Lipinski definition) is 5. The first-order valence-electron chi connectivity index (χ1n) is 9.63. The minimum absolute atomic E-state index is 0.0994. The fourth-order valence-electron chi connectivity index (χ4n) is 3.04. The number of benzene rings is 3. The molecule has 0 fully saturated rings. The Kier molecular flexibility index (Phi) is 6.20. The first-order chi connectivity index (χ1) is 14.7. The van der Waals surface area contributed by atoms with Gasteiger partial charge in [-0.15, -0.1) is 5.10 Å². The first-order valence-corrected chi connectivity index (χ1v) is 10.5. The molecule has 0 aliphatic heterocycles. The molecule has 0 spiro atoms. The van der Waals surface area contributed by atoms with Crippen molar-refractivity contribution in [3.8, 4) is 11.1 Å². The van der Waals surface area contributed by atoms with Crippen LogP contribution in [0.3, 0.4) is 0 Å². The Morgan fingerprint density at radius 1 is 0.967 bits per heavy atom. The molecule has 0 aliphatic rings. The SMILES string of the molecule is CC(Sc1nnnn1Cc1ccccc1)C(=O)Nc1ccccc1-c1ccccc1. The number of aromatic nitrogens is 4. The van der Waals surface area contributed by atoms with E-state index in [1.807, 2.05) is 91.9 Å². The average Bonchev–Trinajstić information content (AvgIpc) is 3.21. The Balaban J connectivity index is 1.46. The van der Waals surface area contributed by atoms with E-state index in [-0.39, 0.29) is 11.2 Å². The summed E-state index contributed by atoms with van der Waals surface area (Å²) in [5, 5.41) is 15.2. The maximum absolute atomic E-state index is 12.9. The highest BCUT2D eigenvalue weighted by Crippen LogP contribution is 2.29. The largest absolute Gasteiger partial charge is 0.325 e. The zero-order valence-corrected chi connectivity index (χ0v) is 17.3. The molecule has 0 radical (unpaired) electrons. The topological polar surface area (TPSA) is 72.7 Å². The lowest BCUT2D eigenvalue weighted by atomic mass is 10.0. The molecule has 0 bridgehead atoms. The van der Waals surface area contributed by atoms with E-state index in [0.29, 0.717) is 11.7 Å². The number of tetrazole rings is 1. The second-order valence-electron chi connectivity index (χ2n) is 6.77. The molecule has 3 aromatic carbocycles. The molecule has 1 amide bonds. The van der Waals surface area contributed by atoms with Crippen LogP contribution in [-0.2, 0) is 11.3 Å². The van der Waals surface area contributed by atoms with Gasteiger partial charge in [-0.25, -0.2) is 4.68 Å². The maximum Gasteiger partial charge on any atom is 0.237 e. The average molecular weight is 416 g/mol. The molecule has 0 saturated heterocycles. The summed E-state index contributed by atoms with van der Waals surface area (Å²) in [4.78, 5) is 12.9. The number of anilines is 1. The van der Waals surface area contributed by atoms with Crippen LogP contribution >= 0.6 is 11.8 Å². The van der Waals surface area contributed by atoms with Gasteiger partial charge in [0.1, 0.15) is 0 Å². The molecule has 7 heteroatoms. The number of thioether (sulfide) groups is 1. The Labute approximate surface area is 179 Å². The van der Waals surface area contributed by atoms with E-state index in [4.69, 9.17) is 0 Å². The molecule has 30 heavy (non-hydrogen) atoms. The van der Waals surface area contributed by atoms with Crippen molar-refractivity contribution in [2.75, 3.05) is 5.32 Å². The van der Waals surface area contributed by atoms with Crippen molar-refractivity contribution < 1.29 is 4.79 Å². The molecular weight excluding hydrogens is 394 g/mol. The Morgan fingerprint density at radius 2 is 1.63 bits per heavy atom. The van der Waals surface area contributed by atoms with Gasteiger partial charge in [-0.05, 0) is 34.5 Å². The highest BCUT2D eigenvalue weighted by atomic mass is 32.2. The summed E-state index contributed by atoms with van der Waals surface area (Å²) in [6.07, 6.45) is 0. The minimum Gasteiger partial charge on any atom is -0.325 e. The third-order valence-corrected chi connectivity index (χ3v) is 5.67. The van der Waals surface area contributed by atoms with Crippen molar-refractivity contribution in [3.05, 3.63) is 90.5 Å². The number of amides is 1. The highest BCUT2D eigenvalue weighted by molar-refractivity contribution is 8.00. The van der Waals surface area contributed by atoms with Crippen LogP contribution in [0.1, 0.15) is 12.5 Å². The number of nitrogens with zero attached hydrogens (tertiary/aromatic N) is 4. The van der Waals surface area contributed by atoms with Crippen molar-refractivity contribution in [2.24, 2.45) is 0 Å². The van der Waals surface area contributed by atoms with Crippen molar-refractivity contribution in [2.45, 2.75) is 23.9 Å². The number of carbonyl (C=O) groups excluding carboxylic acids is 1. The van der Waals surface area contributed by atoms with Gasteiger partial charge >= 0.3 is 0 Å². The van der Waals surface area contributed by atoms with E-state index in [0.717, 1.165) is 22.4 Å². The quantitative estimate of drug-likeness (QED) is 0.450. The number of nitrogens with one attached hydrogen (secondary N) is 1. The summed E-state index contributed by atoms with van der Waals surface area (Å²) in [6.45, 7) is 2.41. The molecule has 0 saturated carbocycles. The van der Waals surface area contributed by atoms with Crippen LogP contribution in [0.4, 0.5) is 5.69 Å². The summed E-state index contributed by atoms with van der Waals surface area (Å²) in [7, 11) is 0. The molecular formula is C23H21N5OS. The summed E-state index contributed by atoms with van der Waals surface area (Å²) in [6, 6.07) is 27.8. The minimum atomic E-state index is -0.366. The van der Waals surface area contributed by atoms with E-state index < -0.39 is 0 Å². The molecule has 0 aliphatic carbocycles. The summed E-state index contributed by atoms with van der Waals surface area (Å²) < 4.78 is 1.71. The molecule has 1 heterocycles. The molecule has 150 valence electrons. The van der Waals surface area contributed by atoms with Gasteiger partial charge in [-0.3, -0.25) is 4.79 Å². The van der Waals surface area contributed by atoms with Crippen LogP contribution in [0, 0.1) is 0 Å². The predicted molar refractivity (Wildman–Crippen MR) is 119 cm³/mol. The van der Waals surface area contributed by atoms with Crippen LogP contribution in [0.15, 0.2) is 90.1 Å². The Morgan fingerprint density at radius 3 is 2.40 bits per heavy atom. The predicted octanol–water partition coefficient (Wildman–Crippen LogP) is 4.51. The van der Waals surface area contributed by atoms with Gasteiger partial charge < -0.3 is 5.32 Å². The molecule has 4 aromatic rings. The number of rotatable bonds is 7. The molecule has 4 rings (SSSR count). The second kappa shape index (κ2) is 9.37. The highest BCUT2D eigenvalue weighted by Gasteiger charge is 2.20. The van der Waals surface area contributed by atoms with Gasteiger partial charge in [0.2, 0.25) is 11.1 Å². The van der Waals surface area contributed by atoms with Crippen LogP contribution < -0.4 is 5.32 Å². The molecule has 1 aromatic heterocycles. The zero-order valence-electron chi connectivity index (χ0n) is 16.5. The third-order valence-electron chi connectivity index (χ3n) is 4.60. The Hall–Kier alpha value is -3.45. The summed E-state index contributed by atoms with van der Waals surface area (Å²) in [5.41, 5.74) is 3.92. The van der Waals surface area contributed by atoms with Crippen molar-refractivity contribution in [1.82, 2.24) is 20.2 Å². The van der Waals surface area contributed by atoms with Crippen molar-refractivity contribution in [3.63, 3.8) is 0 Å². The molecule has 1 unspecified atom stereocenters. The molecule has 1 atom stereocenters. The fraction of sp³-hybridized carbons (Fsp3) is 0.130. The number of hydrogen-bond donors (Lipinski definition) is 1. The van der Waals surface area contributed by atoms with Gasteiger partial charge in [0.05, 0.1) is 11.8 Å². The van der Waals surface area contributed by atoms with Crippen molar-refractivity contribution >= 4 is 23.4 Å². The molecule has 6 nitrogen and oxygen atoms in total. The lowest BCUT2D eigenvalue weighted by molar-refractivity contribution is -0.115. The van der Waals surface area contributed by atoms with E-state index >= 15 is 0 Å². The van der Waals surface area contributed by atoms with Gasteiger partial charge in [-0.1, -0.05) is 90.6 Å². The van der Waals surface area contributed by atoms with Gasteiger partial charge in [-0.2, -0.15) is 0 Å². The van der Waals surface area contributed by atoms with E-state index in [1.54, 1.807) is 4.68 Å². The van der Waals surface area contributed by atoms with Crippen LogP contribution in [-0.4, -0.2) is 31.4 Å². The maximum atomic E-state index is 12.9. The Bertz CT molecular complexity index is 1110. The second-order valence-corrected chi connectivity index (χ2v) is 8.07. The van der Waals surface area contributed by atoms with Gasteiger partial charge in [0.15, 0.2) is 0 Å². The van der Waals surface area contributed by atoms with Crippen LogP contribution in [0.5, 0.6) is 0 Å². The molecule has 1 N–H and O–H groups in total. The van der Waals surface area contributed by atoms with E-state index in [9.17, 15) is 4.79 Å². The van der Waals surface area contributed by atoms with E-state index in [2.05, 4.69) is 20.8 Å². The normalized spacial score (nSPS) is 11.8. The van der Waals surface area contributed by atoms with Crippen molar-refractivity contribution in [1.29, 1.82) is 0 Å². The van der Waals surface area contributed by atoms with E-state index in [1.165, 1.54) is 11.8 Å². The fourth-order valence-corrected chi connectivity index (χ4v) is 3.83. The standard InChI is InChI=1S/C23H21N5OS/c1-17(30-23-25-26-27-28(23)16-18-10-4-2-5-11-18)22(29)24-21-15-9-8-14-20(21)19-12-6-3-7-13-19/h2-15,17H,16H2,1H3,(H,24,29). The lowest BCUT2D eigenvalue weighted by Crippen LogP contribution is -2.23. The summed E-state index contributed by atoms with van der Waals surface area (Å²) >= 11 is 1.34. The number of carbonyl (C=O) groups is 1. The van der Waals surface area contributed by atoms with Gasteiger partial charge in [0, 0.05) is 11.3 Å². The number of para-hydroxylation sites is 1. The smallest absolute Gasteiger partial charge is 0.237 e. The lowest BCUT2D eigenvalue weighted by Gasteiger charge is -2.15. The third kappa shape index (κ3) is 4.75. The monoisotopic (exact) mass is 415 g/mol. The zero-order chi connectivity index (χ0) is 20.8.